The van der Waals surface area contributed by atoms with Gasteiger partial charge in [-0.3, -0.25) is 0 Å². The van der Waals surface area contributed by atoms with Gasteiger partial charge in [0.05, 0.1) is 0 Å². The summed E-state index contributed by atoms with van der Waals surface area (Å²) in [6.45, 7) is 9.97. The number of hydrogen-bond acceptors (Lipinski definition) is 5. The van der Waals surface area contributed by atoms with Crippen LogP contribution in [-0.4, -0.2) is 33.0 Å². The van der Waals surface area contributed by atoms with Crippen molar-refractivity contribution in [3.8, 4) is 0 Å². The molecule has 3 nitrogen and oxygen atoms in total. The van der Waals surface area contributed by atoms with E-state index >= 15 is 0 Å². The highest BCUT2D eigenvalue weighted by Gasteiger charge is 2.32. The lowest BCUT2D eigenvalue weighted by atomic mass is 10.0. The van der Waals surface area contributed by atoms with Gasteiger partial charge in [-0.15, -0.1) is 0 Å². The van der Waals surface area contributed by atoms with E-state index in [1.54, 1.807) is 0 Å². The minimum absolute atomic E-state index is 0.296. The van der Waals surface area contributed by atoms with Crippen LogP contribution in [0.5, 0.6) is 0 Å². The van der Waals surface area contributed by atoms with Gasteiger partial charge in [-0.05, 0) is 31.5 Å². The zero-order valence-electron chi connectivity index (χ0n) is 13.4. The Kier molecular flexibility index (Phi) is 6.26. The molecule has 1 aliphatic rings. The molecule has 0 saturated carbocycles. The summed E-state index contributed by atoms with van der Waals surface area (Å²) in [4.78, 5) is 4.36. The van der Waals surface area contributed by atoms with Gasteiger partial charge in [0.15, 0.2) is 0 Å². The highest BCUT2D eigenvalue weighted by Crippen LogP contribution is 2.41. The molecule has 1 aromatic rings. The predicted octanol–water partition coefficient (Wildman–Crippen LogP) is 3.64. The first-order chi connectivity index (χ1) is 10.0. The Hall–Kier alpha value is -0.390. The summed E-state index contributed by atoms with van der Waals surface area (Å²) in [5.74, 6) is 1.84. The van der Waals surface area contributed by atoms with E-state index in [0.29, 0.717) is 22.4 Å². The van der Waals surface area contributed by atoms with E-state index in [1.165, 1.54) is 16.9 Å². The molecule has 0 aromatic carbocycles. The maximum Gasteiger partial charge on any atom is 0.128 e. The molecule has 2 rings (SSSR count). The second-order valence-corrected chi connectivity index (χ2v) is 8.87. The minimum atomic E-state index is 0.296. The van der Waals surface area contributed by atoms with Crippen LogP contribution in [0.1, 0.15) is 44.4 Å². The third-order valence-corrected chi connectivity index (χ3v) is 7.48. The molecule has 4 unspecified atom stereocenters. The molecular formula is C16H27N3S2. The van der Waals surface area contributed by atoms with E-state index < -0.39 is 0 Å². The van der Waals surface area contributed by atoms with Crippen LogP contribution in [0.4, 0.5) is 5.82 Å². The summed E-state index contributed by atoms with van der Waals surface area (Å²) >= 11 is 4.17. The first kappa shape index (κ1) is 17.0. The van der Waals surface area contributed by atoms with Gasteiger partial charge in [-0.25, -0.2) is 4.98 Å². The Balaban J connectivity index is 2.23. The lowest BCUT2D eigenvalue weighted by Crippen LogP contribution is -2.38. The van der Waals surface area contributed by atoms with Crippen molar-refractivity contribution in [1.29, 1.82) is 0 Å². The molecule has 2 heterocycles. The molecule has 118 valence electrons. The van der Waals surface area contributed by atoms with Gasteiger partial charge in [0.2, 0.25) is 0 Å². The summed E-state index contributed by atoms with van der Waals surface area (Å²) in [5, 5.41) is 5.67. The molecule has 1 fully saturated rings. The Morgan fingerprint density at radius 2 is 2.19 bits per heavy atom. The highest BCUT2D eigenvalue weighted by atomic mass is 32.2. The summed E-state index contributed by atoms with van der Waals surface area (Å²) in [7, 11) is 0. The second-order valence-electron chi connectivity index (χ2n) is 5.84. The average Bonchev–Trinajstić information content (AvgIpc) is 2.46. The number of rotatable bonds is 5. The Morgan fingerprint density at radius 1 is 1.43 bits per heavy atom. The fourth-order valence-corrected chi connectivity index (χ4v) is 5.68. The van der Waals surface area contributed by atoms with E-state index in [-0.39, 0.29) is 0 Å². The van der Waals surface area contributed by atoms with Gasteiger partial charge in [-0.1, -0.05) is 20.8 Å². The number of anilines is 1. The number of nitrogens with one attached hydrogen (secondary N) is 1. The van der Waals surface area contributed by atoms with Crippen molar-refractivity contribution >= 4 is 29.3 Å². The Labute approximate surface area is 137 Å². The van der Waals surface area contributed by atoms with E-state index in [0.717, 1.165) is 18.2 Å². The molecule has 0 radical (unpaired) electrons. The molecule has 1 aromatic heterocycles. The standard InChI is InChI=1S/C16H27N3S2/c1-5-6-18-15(13-7-10(2)8-19-16(13)17)14-9-20-11(3)12(4)21-14/h7-8,11-12,14-15,18H,5-6,9H2,1-4H3,(H2,17,19). The molecule has 5 heteroatoms. The van der Waals surface area contributed by atoms with Crippen molar-refractivity contribution in [3.05, 3.63) is 23.4 Å². The van der Waals surface area contributed by atoms with Gasteiger partial charge in [0.1, 0.15) is 5.82 Å². The van der Waals surface area contributed by atoms with Gasteiger partial charge >= 0.3 is 0 Å². The molecule has 21 heavy (non-hydrogen) atoms. The third-order valence-electron chi connectivity index (χ3n) is 3.98. The van der Waals surface area contributed by atoms with Crippen LogP contribution in [0.2, 0.25) is 0 Å². The fraction of sp³-hybridized carbons (Fsp3) is 0.688. The molecule has 0 amide bonds. The van der Waals surface area contributed by atoms with Gasteiger partial charge < -0.3 is 11.1 Å². The number of aryl methyl sites for hydroxylation is 1. The SMILES string of the molecule is CCCNC(c1cc(C)cnc1N)C1CSC(C)C(C)S1. The second kappa shape index (κ2) is 7.75. The van der Waals surface area contributed by atoms with Gasteiger partial charge in [-0.2, -0.15) is 23.5 Å². The van der Waals surface area contributed by atoms with Crippen molar-refractivity contribution in [2.24, 2.45) is 0 Å². The molecule has 0 bridgehead atoms. The summed E-state index contributed by atoms with van der Waals surface area (Å²) in [6, 6.07) is 2.49. The minimum Gasteiger partial charge on any atom is -0.383 e. The van der Waals surface area contributed by atoms with Crippen molar-refractivity contribution < 1.29 is 0 Å². The number of thioether (sulfide) groups is 2. The van der Waals surface area contributed by atoms with Crippen molar-refractivity contribution in [1.82, 2.24) is 10.3 Å². The number of nitrogens with zero attached hydrogens (tertiary/aromatic N) is 1. The maximum atomic E-state index is 6.16. The molecule has 1 saturated heterocycles. The normalized spacial score (nSPS) is 27.5. The van der Waals surface area contributed by atoms with Crippen LogP contribution in [-0.2, 0) is 0 Å². The predicted molar refractivity (Wildman–Crippen MR) is 97.2 cm³/mol. The first-order valence-electron chi connectivity index (χ1n) is 7.75. The lowest BCUT2D eigenvalue weighted by molar-refractivity contribution is 0.527. The topological polar surface area (TPSA) is 50.9 Å². The number of pyridine rings is 1. The van der Waals surface area contributed by atoms with Crippen LogP contribution < -0.4 is 11.1 Å². The third kappa shape index (κ3) is 4.30. The van der Waals surface area contributed by atoms with E-state index in [4.69, 9.17) is 5.73 Å². The van der Waals surface area contributed by atoms with Crippen LogP contribution in [0, 0.1) is 6.92 Å². The van der Waals surface area contributed by atoms with Crippen molar-refractivity contribution in [3.63, 3.8) is 0 Å². The Bertz CT molecular complexity index is 467. The number of aromatic nitrogens is 1. The molecular weight excluding hydrogens is 298 g/mol. The molecule has 4 atom stereocenters. The van der Waals surface area contributed by atoms with Crippen molar-refractivity contribution in [2.75, 3.05) is 18.0 Å². The van der Waals surface area contributed by atoms with Gasteiger partial charge in [0.25, 0.3) is 0 Å². The zero-order valence-corrected chi connectivity index (χ0v) is 15.1. The maximum absolute atomic E-state index is 6.16. The number of nitrogen functional groups attached to an aromatic ring is 1. The monoisotopic (exact) mass is 325 g/mol. The average molecular weight is 326 g/mol. The van der Waals surface area contributed by atoms with Crippen LogP contribution in [0.15, 0.2) is 12.3 Å². The molecule has 0 aliphatic carbocycles. The number of hydrogen-bond donors (Lipinski definition) is 2. The van der Waals surface area contributed by atoms with E-state index in [1.807, 2.05) is 6.20 Å². The molecule has 0 spiro atoms. The number of nitrogens with two attached hydrogens (primary N) is 1. The fourth-order valence-electron chi connectivity index (χ4n) is 2.58. The van der Waals surface area contributed by atoms with Gasteiger partial charge in [0, 0.05) is 39.3 Å². The summed E-state index contributed by atoms with van der Waals surface area (Å²) in [5.41, 5.74) is 8.51. The van der Waals surface area contributed by atoms with Crippen LogP contribution in [0.3, 0.4) is 0 Å². The van der Waals surface area contributed by atoms with Crippen LogP contribution in [0.25, 0.3) is 0 Å². The zero-order chi connectivity index (χ0) is 15.4. The van der Waals surface area contributed by atoms with E-state index in [2.05, 4.69) is 67.6 Å². The quantitative estimate of drug-likeness (QED) is 0.865. The highest BCUT2D eigenvalue weighted by molar-refractivity contribution is 8.07. The summed E-state index contributed by atoms with van der Waals surface area (Å²) in [6.07, 6.45) is 2.98. The largest absolute Gasteiger partial charge is 0.383 e. The van der Waals surface area contributed by atoms with Crippen molar-refractivity contribution in [2.45, 2.75) is 55.9 Å². The summed E-state index contributed by atoms with van der Waals surface area (Å²) < 4.78 is 0. The lowest BCUT2D eigenvalue weighted by Gasteiger charge is -2.36. The molecule has 3 N–H and O–H groups in total. The smallest absolute Gasteiger partial charge is 0.128 e. The molecule has 1 aliphatic heterocycles. The first-order valence-corrected chi connectivity index (χ1v) is 9.74. The van der Waals surface area contributed by atoms with Crippen LogP contribution >= 0.6 is 23.5 Å². The van der Waals surface area contributed by atoms with E-state index in [9.17, 15) is 0 Å². The Morgan fingerprint density at radius 3 is 2.86 bits per heavy atom.